The smallest absolute Gasteiger partial charge is 0.0991 e. The van der Waals surface area contributed by atoms with Crippen LogP contribution in [-0.4, -0.2) is 4.98 Å². The number of fused-ring (bicyclic) bond motifs is 3. The van der Waals surface area contributed by atoms with Crippen molar-refractivity contribution in [3.63, 3.8) is 0 Å². The molecule has 5 aromatic carbocycles. The van der Waals surface area contributed by atoms with Gasteiger partial charge in [0.1, 0.15) is 0 Å². The van der Waals surface area contributed by atoms with Gasteiger partial charge in [-0.1, -0.05) is 123 Å². The highest BCUT2D eigenvalue weighted by Crippen LogP contribution is 2.54. The van der Waals surface area contributed by atoms with E-state index in [1.165, 1.54) is 38.9 Å². The van der Waals surface area contributed by atoms with Gasteiger partial charge >= 0.3 is 0 Å². The van der Waals surface area contributed by atoms with E-state index in [-0.39, 0.29) is 5.41 Å². The molecule has 7 rings (SSSR count). The Kier molecular flexibility index (Phi) is 5.88. The fourth-order valence-electron chi connectivity index (χ4n) is 6.42. The molecule has 2 heteroatoms. The molecule has 0 unspecified atom stereocenters. The van der Waals surface area contributed by atoms with E-state index in [2.05, 4.69) is 117 Å². The summed E-state index contributed by atoms with van der Waals surface area (Å²) in [5, 5.41) is 9.28. The third kappa shape index (κ3) is 4.15. The van der Waals surface area contributed by atoms with Gasteiger partial charge in [-0.15, -0.1) is 0 Å². The summed E-state index contributed by atoms with van der Waals surface area (Å²) in [5.74, 6) is 0. The number of hydrogen-bond donors (Lipinski definition) is 0. The quantitative estimate of drug-likeness (QED) is 0.230. The molecular weight excluding hydrogens is 496 g/mol. The van der Waals surface area contributed by atoms with Crippen LogP contribution >= 0.6 is 0 Å². The minimum absolute atomic E-state index is 0.193. The van der Waals surface area contributed by atoms with Crippen LogP contribution in [0, 0.1) is 11.3 Å². The van der Waals surface area contributed by atoms with E-state index in [0.29, 0.717) is 5.56 Å². The van der Waals surface area contributed by atoms with Gasteiger partial charge in [-0.25, -0.2) is 0 Å². The number of benzene rings is 5. The van der Waals surface area contributed by atoms with Gasteiger partial charge in [0, 0.05) is 22.7 Å². The molecule has 0 fully saturated rings. The van der Waals surface area contributed by atoms with Crippen molar-refractivity contribution in [3.05, 3.63) is 150 Å². The standard InChI is InChI=1S/C39H28N2/c1-39(2)37-32(28-16-14-26(24-40)15-17-28)10-6-12-34(37)35-13-7-11-33(38(35)39)29-20-18-27(19-21-29)31-22-23-36(41-25-31)30-8-4-3-5-9-30/h3-23,25H,1-2H3. The first-order valence-corrected chi connectivity index (χ1v) is 13.9. The molecule has 0 bridgehead atoms. The highest BCUT2D eigenvalue weighted by Gasteiger charge is 2.39. The van der Waals surface area contributed by atoms with Crippen LogP contribution in [0.25, 0.3) is 55.8 Å². The Bertz CT molecular complexity index is 1920. The lowest BCUT2D eigenvalue weighted by Gasteiger charge is -2.27. The van der Waals surface area contributed by atoms with E-state index in [9.17, 15) is 5.26 Å². The van der Waals surface area contributed by atoms with Crippen LogP contribution in [0.2, 0.25) is 0 Å². The Morgan fingerprint density at radius 1 is 0.488 bits per heavy atom. The summed E-state index contributed by atoms with van der Waals surface area (Å²) < 4.78 is 0. The van der Waals surface area contributed by atoms with Crippen molar-refractivity contribution < 1.29 is 0 Å². The summed E-state index contributed by atoms with van der Waals surface area (Å²) in [4.78, 5) is 4.72. The first-order chi connectivity index (χ1) is 20.0. The van der Waals surface area contributed by atoms with E-state index in [1.54, 1.807) is 0 Å². The highest BCUT2D eigenvalue weighted by atomic mass is 14.7. The zero-order valence-electron chi connectivity index (χ0n) is 23.1. The molecule has 0 saturated carbocycles. The van der Waals surface area contributed by atoms with Crippen LogP contribution in [0.3, 0.4) is 0 Å². The van der Waals surface area contributed by atoms with Gasteiger partial charge in [0.05, 0.1) is 17.3 Å². The second-order valence-corrected chi connectivity index (χ2v) is 11.1. The van der Waals surface area contributed by atoms with Crippen LogP contribution in [0.5, 0.6) is 0 Å². The fourth-order valence-corrected chi connectivity index (χ4v) is 6.42. The Morgan fingerprint density at radius 3 is 1.54 bits per heavy atom. The molecule has 0 saturated heterocycles. The van der Waals surface area contributed by atoms with Crippen LogP contribution in [0.15, 0.2) is 134 Å². The summed E-state index contributed by atoms with van der Waals surface area (Å²) in [6.45, 7) is 4.67. The van der Waals surface area contributed by atoms with Gasteiger partial charge in [0.2, 0.25) is 0 Å². The maximum absolute atomic E-state index is 9.28. The zero-order chi connectivity index (χ0) is 28.0. The van der Waals surface area contributed by atoms with Crippen LogP contribution in [0.1, 0.15) is 30.5 Å². The van der Waals surface area contributed by atoms with Crippen LogP contribution in [0.4, 0.5) is 0 Å². The van der Waals surface area contributed by atoms with Crippen LogP contribution < -0.4 is 0 Å². The first kappa shape index (κ1) is 24.8. The number of aromatic nitrogens is 1. The largest absolute Gasteiger partial charge is 0.256 e. The fraction of sp³-hybridized carbons (Fsp3) is 0.0769. The summed E-state index contributed by atoms with van der Waals surface area (Å²) in [7, 11) is 0. The van der Waals surface area contributed by atoms with Crippen molar-refractivity contribution >= 4 is 0 Å². The molecule has 0 radical (unpaired) electrons. The SMILES string of the molecule is CC1(C)c2c(-c3ccc(C#N)cc3)cccc2-c2cccc(-c3ccc(-c4ccc(-c5ccccc5)nc4)cc3)c21. The van der Waals surface area contributed by atoms with E-state index in [4.69, 9.17) is 4.98 Å². The summed E-state index contributed by atoms with van der Waals surface area (Å²) in [5.41, 5.74) is 15.0. The zero-order valence-corrected chi connectivity index (χ0v) is 23.1. The van der Waals surface area contributed by atoms with Crippen molar-refractivity contribution in [2.45, 2.75) is 19.3 Å². The Labute approximate surface area is 241 Å². The van der Waals surface area contributed by atoms with Gasteiger partial charge in [-0.05, 0) is 68.3 Å². The van der Waals surface area contributed by atoms with Gasteiger partial charge in [0.25, 0.3) is 0 Å². The van der Waals surface area contributed by atoms with Gasteiger partial charge in [0.15, 0.2) is 0 Å². The predicted octanol–water partition coefficient (Wildman–Crippen LogP) is 9.93. The summed E-state index contributed by atoms with van der Waals surface area (Å²) in [6.07, 6.45) is 1.96. The molecule has 1 aliphatic rings. The molecule has 1 heterocycles. The number of nitrogens with zero attached hydrogens (tertiary/aromatic N) is 2. The summed E-state index contributed by atoms with van der Waals surface area (Å²) >= 11 is 0. The van der Waals surface area contributed by atoms with E-state index >= 15 is 0 Å². The predicted molar refractivity (Wildman–Crippen MR) is 168 cm³/mol. The second-order valence-electron chi connectivity index (χ2n) is 11.1. The molecule has 0 aliphatic heterocycles. The summed E-state index contributed by atoms with van der Waals surface area (Å²) in [6, 6.07) is 46.8. The lowest BCUT2D eigenvalue weighted by molar-refractivity contribution is 0.664. The molecule has 6 aromatic rings. The lowest BCUT2D eigenvalue weighted by atomic mass is 9.76. The second kappa shape index (κ2) is 9.73. The van der Waals surface area contributed by atoms with E-state index in [0.717, 1.165) is 27.9 Å². The average molecular weight is 525 g/mol. The molecule has 0 atom stereocenters. The van der Waals surface area contributed by atoms with Crippen molar-refractivity contribution in [2.24, 2.45) is 0 Å². The Morgan fingerprint density at radius 2 is 1.00 bits per heavy atom. The molecule has 1 aromatic heterocycles. The maximum Gasteiger partial charge on any atom is 0.0991 e. The minimum Gasteiger partial charge on any atom is -0.256 e. The van der Waals surface area contributed by atoms with Crippen molar-refractivity contribution in [3.8, 4) is 61.8 Å². The number of rotatable bonds is 4. The number of pyridine rings is 1. The Balaban J connectivity index is 1.26. The van der Waals surface area contributed by atoms with Crippen molar-refractivity contribution in [1.29, 1.82) is 5.26 Å². The van der Waals surface area contributed by atoms with Crippen molar-refractivity contribution in [1.82, 2.24) is 4.98 Å². The third-order valence-corrected chi connectivity index (χ3v) is 8.36. The van der Waals surface area contributed by atoms with Gasteiger partial charge in [-0.3, -0.25) is 4.98 Å². The normalized spacial score (nSPS) is 12.8. The van der Waals surface area contributed by atoms with Crippen LogP contribution in [-0.2, 0) is 5.41 Å². The lowest BCUT2D eigenvalue weighted by Crippen LogP contribution is -2.17. The van der Waals surface area contributed by atoms with Gasteiger partial charge < -0.3 is 0 Å². The Hall–Kier alpha value is -5.26. The number of nitriles is 1. The molecule has 0 N–H and O–H groups in total. The molecule has 0 spiro atoms. The molecule has 0 amide bonds. The first-order valence-electron chi connectivity index (χ1n) is 13.9. The molecule has 41 heavy (non-hydrogen) atoms. The molecule has 2 nitrogen and oxygen atoms in total. The molecule has 194 valence electrons. The van der Waals surface area contributed by atoms with Gasteiger partial charge in [-0.2, -0.15) is 5.26 Å². The van der Waals surface area contributed by atoms with E-state index < -0.39 is 0 Å². The molecule has 1 aliphatic carbocycles. The monoisotopic (exact) mass is 524 g/mol. The van der Waals surface area contributed by atoms with Crippen molar-refractivity contribution in [2.75, 3.05) is 0 Å². The topological polar surface area (TPSA) is 36.7 Å². The number of hydrogen-bond acceptors (Lipinski definition) is 2. The third-order valence-electron chi connectivity index (χ3n) is 8.36. The maximum atomic E-state index is 9.28. The average Bonchev–Trinajstić information content (AvgIpc) is 3.28. The minimum atomic E-state index is -0.193. The molecular formula is C39H28N2. The van der Waals surface area contributed by atoms with E-state index in [1.807, 2.05) is 36.5 Å². The highest BCUT2D eigenvalue weighted by molar-refractivity contribution is 5.93.